The average Bonchev–Trinajstić information content (AvgIpc) is 3.15. The van der Waals surface area contributed by atoms with Crippen LogP contribution in [0.15, 0.2) is 53.1 Å². The Balaban J connectivity index is 1.74. The summed E-state index contributed by atoms with van der Waals surface area (Å²) in [6.45, 7) is 0.233. The monoisotopic (exact) mass is 341 g/mol. The first kappa shape index (κ1) is 16.7. The fourth-order valence-corrected chi connectivity index (χ4v) is 2.35. The van der Waals surface area contributed by atoms with E-state index in [2.05, 4.69) is 4.98 Å². The molecule has 2 aromatic carbocycles. The molecule has 1 heterocycles. The van der Waals surface area contributed by atoms with E-state index in [0.29, 0.717) is 28.8 Å². The number of hydrogen-bond acceptors (Lipinski definition) is 6. The lowest BCUT2D eigenvalue weighted by atomic mass is 10.2. The fourth-order valence-electron chi connectivity index (χ4n) is 2.35. The summed E-state index contributed by atoms with van der Waals surface area (Å²) in [5.74, 6) is 3.02. The molecule has 0 radical (unpaired) electrons. The molecule has 3 aromatic rings. The molecule has 0 spiro atoms. The summed E-state index contributed by atoms with van der Waals surface area (Å²) in [6.07, 6.45) is 1.57. The van der Waals surface area contributed by atoms with E-state index >= 15 is 0 Å². The van der Waals surface area contributed by atoms with Crippen LogP contribution in [-0.4, -0.2) is 26.3 Å². The van der Waals surface area contributed by atoms with Crippen molar-refractivity contribution < 1.29 is 23.4 Å². The molecule has 0 fully saturated rings. The van der Waals surface area contributed by atoms with Crippen molar-refractivity contribution in [1.29, 1.82) is 0 Å². The maximum absolute atomic E-state index is 5.83. The van der Waals surface area contributed by atoms with Gasteiger partial charge in [-0.1, -0.05) is 6.07 Å². The van der Waals surface area contributed by atoms with Gasteiger partial charge in [0.15, 0.2) is 11.5 Å². The van der Waals surface area contributed by atoms with Crippen molar-refractivity contribution in [3.05, 3.63) is 54.4 Å². The standard InChI is InChI=1S/C19H19NO5/c1-21-15-9-7-13(8-10-15)19-20-14(12-25-19)11-24-18-16(22-2)5-4-6-17(18)23-3/h4-10,12H,11H2,1-3H3. The molecule has 0 N–H and O–H groups in total. The molecule has 0 aliphatic rings. The van der Waals surface area contributed by atoms with E-state index in [-0.39, 0.29) is 6.61 Å². The average molecular weight is 341 g/mol. The molecule has 25 heavy (non-hydrogen) atoms. The topological polar surface area (TPSA) is 63.0 Å². The van der Waals surface area contributed by atoms with Crippen LogP contribution in [0.1, 0.15) is 5.69 Å². The van der Waals surface area contributed by atoms with E-state index in [0.717, 1.165) is 11.3 Å². The van der Waals surface area contributed by atoms with Crippen molar-refractivity contribution in [2.45, 2.75) is 6.61 Å². The van der Waals surface area contributed by atoms with Crippen LogP contribution in [0.3, 0.4) is 0 Å². The van der Waals surface area contributed by atoms with E-state index in [1.165, 1.54) is 0 Å². The van der Waals surface area contributed by atoms with Crippen molar-refractivity contribution in [2.24, 2.45) is 0 Å². The van der Waals surface area contributed by atoms with Gasteiger partial charge >= 0.3 is 0 Å². The zero-order valence-electron chi connectivity index (χ0n) is 14.3. The molecule has 6 nitrogen and oxygen atoms in total. The zero-order valence-corrected chi connectivity index (χ0v) is 14.3. The Hall–Kier alpha value is -3.15. The van der Waals surface area contributed by atoms with Gasteiger partial charge in [-0.25, -0.2) is 4.98 Å². The first-order chi connectivity index (χ1) is 12.2. The van der Waals surface area contributed by atoms with Crippen molar-refractivity contribution in [1.82, 2.24) is 4.98 Å². The minimum atomic E-state index is 0.233. The second-order valence-electron chi connectivity index (χ2n) is 5.15. The summed E-state index contributed by atoms with van der Waals surface area (Å²) >= 11 is 0. The maximum Gasteiger partial charge on any atom is 0.226 e. The van der Waals surface area contributed by atoms with Crippen molar-refractivity contribution in [2.75, 3.05) is 21.3 Å². The van der Waals surface area contributed by atoms with Gasteiger partial charge in [0.2, 0.25) is 11.6 Å². The van der Waals surface area contributed by atoms with Crippen LogP contribution in [0.2, 0.25) is 0 Å². The second-order valence-corrected chi connectivity index (χ2v) is 5.15. The summed E-state index contributed by atoms with van der Waals surface area (Å²) in [5.41, 5.74) is 1.53. The maximum atomic E-state index is 5.83. The highest BCUT2D eigenvalue weighted by atomic mass is 16.5. The third kappa shape index (κ3) is 3.68. The van der Waals surface area contributed by atoms with Crippen molar-refractivity contribution in [3.8, 4) is 34.5 Å². The summed E-state index contributed by atoms with van der Waals surface area (Å²) in [5, 5.41) is 0. The molecule has 1 aromatic heterocycles. The van der Waals surface area contributed by atoms with Gasteiger partial charge in [0, 0.05) is 5.56 Å². The Morgan fingerprint density at radius 1 is 0.880 bits per heavy atom. The van der Waals surface area contributed by atoms with Gasteiger partial charge in [0.25, 0.3) is 0 Å². The minimum Gasteiger partial charge on any atom is -0.497 e. The molecule has 0 aliphatic carbocycles. The van der Waals surface area contributed by atoms with E-state index in [1.807, 2.05) is 42.5 Å². The predicted octanol–water partition coefficient (Wildman–Crippen LogP) is 3.95. The Morgan fingerprint density at radius 2 is 1.56 bits per heavy atom. The Kier molecular flexibility index (Phi) is 5.09. The van der Waals surface area contributed by atoms with Crippen molar-refractivity contribution >= 4 is 0 Å². The molecule has 0 unspecified atom stereocenters. The number of para-hydroxylation sites is 1. The van der Waals surface area contributed by atoms with Gasteiger partial charge in [-0.2, -0.15) is 0 Å². The molecule has 0 aliphatic heterocycles. The Labute approximate surface area is 145 Å². The molecule has 0 saturated carbocycles. The summed E-state index contributed by atoms with van der Waals surface area (Å²) in [4.78, 5) is 4.45. The van der Waals surface area contributed by atoms with Gasteiger partial charge in [-0.05, 0) is 36.4 Å². The van der Waals surface area contributed by atoms with E-state index < -0.39 is 0 Å². The quantitative estimate of drug-likeness (QED) is 0.648. The largest absolute Gasteiger partial charge is 0.497 e. The molecule has 0 atom stereocenters. The third-order valence-electron chi connectivity index (χ3n) is 3.64. The summed E-state index contributed by atoms with van der Waals surface area (Å²) < 4.78 is 27.1. The fraction of sp³-hybridized carbons (Fsp3) is 0.211. The normalized spacial score (nSPS) is 10.4. The molecule has 0 bridgehead atoms. The van der Waals surface area contributed by atoms with Gasteiger partial charge < -0.3 is 23.4 Å². The first-order valence-corrected chi connectivity index (χ1v) is 7.67. The van der Waals surface area contributed by atoms with Crippen LogP contribution in [0.4, 0.5) is 0 Å². The zero-order chi connectivity index (χ0) is 17.6. The summed E-state index contributed by atoms with van der Waals surface area (Å²) in [6, 6.07) is 12.9. The lowest BCUT2D eigenvalue weighted by Crippen LogP contribution is -2.00. The van der Waals surface area contributed by atoms with Crippen LogP contribution >= 0.6 is 0 Å². The predicted molar refractivity (Wildman–Crippen MR) is 92.4 cm³/mol. The van der Waals surface area contributed by atoms with Gasteiger partial charge in [0.1, 0.15) is 24.3 Å². The third-order valence-corrected chi connectivity index (χ3v) is 3.64. The van der Waals surface area contributed by atoms with Crippen molar-refractivity contribution in [3.63, 3.8) is 0 Å². The SMILES string of the molecule is COc1ccc(-c2nc(COc3c(OC)cccc3OC)co2)cc1. The molecule has 0 amide bonds. The second kappa shape index (κ2) is 7.61. The molecular weight excluding hydrogens is 322 g/mol. The van der Waals surface area contributed by atoms with Crippen LogP contribution < -0.4 is 18.9 Å². The number of rotatable bonds is 7. The van der Waals surface area contributed by atoms with E-state index in [9.17, 15) is 0 Å². The van der Waals surface area contributed by atoms with Crippen LogP contribution in [0, 0.1) is 0 Å². The highest BCUT2D eigenvalue weighted by Crippen LogP contribution is 2.37. The highest BCUT2D eigenvalue weighted by Gasteiger charge is 2.13. The molecule has 0 saturated heterocycles. The van der Waals surface area contributed by atoms with Gasteiger partial charge in [-0.15, -0.1) is 0 Å². The lowest BCUT2D eigenvalue weighted by molar-refractivity contribution is 0.262. The highest BCUT2D eigenvalue weighted by molar-refractivity contribution is 5.55. The van der Waals surface area contributed by atoms with Gasteiger partial charge in [-0.3, -0.25) is 0 Å². The number of benzene rings is 2. The number of nitrogens with zero attached hydrogens (tertiary/aromatic N) is 1. The smallest absolute Gasteiger partial charge is 0.226 e. The molecular formula is C19H19NO5. The van der Waals surface area contributed by atoms with Crippen LogP contribution in [0.5, 0.6) is 23.0 Å². The van der Waals surface area contributed by atoms with Gasteiger partial charge in [0.05, 0.1) is 21.3 Å². The Bertz CT molecular complexity index is 804. The molecule has 6 heteroatoms. The van der Waals surface area contributed by atoms with E-state index in [1.54, 1.807) is 27.6 Å². The lowest BCUT2D eigenvalue weighted by Gasteiger charge is -2.13. The Morgan fingerprint density at radius 3 is 2.16 bits per heavy atom. The van der Waals surface area contributed by atoms with Crippen LogP contribution in [-0.2, 0) is 6.61 Å². The van der Waals surface area contributed by atoms with Crippen LogP contribution in [0.25, 0.3) is 11.5 Å². The summed E-state index contributed by atoms with van der Waals surface area (Å²) in [7, 11) is 4.79. The first-order valence-electron chi connectivity index (χ1n) is 7.67. The van der Waals surface area contributed by atoms with E-state index in [4.69, 9.17) is 23.4 Å². The number of hydrogen-bond donors (Lipinski definition) is 0. The minimum absolute atomic E-state index is 0.233. The number of ether oxygens (including phenoxy) is 4. The number of methoxy groups -OCH3 is 3. The molecule has 130 valence electrons. The number of oxazole rings is 1. The number of aromatic nitrogens is 1. The molecule has 3 rings (SSSR count).